The van der Waals surface area contributed by atoms with Crippen molar-refractivity contribution in [2.24, 2.45) is 0 Å². The minimum absolute atomic E-state index is 0.0738. The third kappa shape index (κ3) is 2.39. The van der Waals surface area contributed by atoms with Gasteiger partial charge in [-0.05, 0) is 40.2 Å². The van der Waals surface area contributed by atoms with Gasteiger partial charge in [0.1, 0.15) is 5.82 Å². The van der Waals surface area contributed by atoms with Crippen molar-refractivity contribution in [3.05, 3.63) is 46.9 Å². The Morgan fingerprint density at radius 3 is 2.75 bits per heavy atom. The molecule has 0 fully saturated rings. The van der Waals surface area contributed by atoms with Gasteiger partial charge in [-0.2, -0.15) is 4.98 Å². The first-order chi connectivity index (χ1) is 9.63. The highest BCUT2D eigenvalue weighted by molar-refractivity contribution is 9.10. The molecule has 3 rings (SSSR count). The van der Waals surface area contributed by atoms with Crippen LogP contribution in [0, 0.1) is 5.82 Å². The molecule has 0 radical (unpaired) electrons. The number of nitrogens with two attached hydrogens (primary N) is 1. The molecule has 2 N–H and O–H groups in total. The Labute approximate surface area is 121 Å². The van der Waals surface area contributed by atoms with Crippen LogP contribution in [-0.4, -0.2) is 15.1 Å². The molecule has 0 spiro atoms. The van der Waals surface area contributed by atoms with Gasteiger partial charge in [0.05, 0.1) is 5.69 Å². The third-order valence-corrected chi connectivity index (χ3v) is 3.07. The van der Waals surface area contributed by atoms with Crippen LogP contribution in [-0.2, 0) is 0 Å². The lowest BCUT2D eigenvalue weighted by Gasteiger charge is -1.97. The molecule has 0 aliphatic rings. The van der Waals surface area contributed by atoms with Crippen LogP contribution in [0.1, 0.15) is 0 Å². The molecule has 0 bridgehead atoms. The third-order valence-electron chi connectivity index (χ3n) is 2.64. The average Bonchev–Trinajstić information content (AvgIpc) is 2.92. The van der Waals surface area contributed by atoms with Gasteiger partial charge >= 0.3 is 0 Å². The van der Waals surface area contributed by atoms with E-state index < -0.39 is 5.82 Å². The molecule has 0 aliphatic heterocycles. The number of anilines is 1. The van der Waals surface area contributed by atoms with Crippen LogP contribution < -0.4 is 5.73 Å². The SMILES string of the molecule is Nc1ccc(-c2nc(-c3cncc(Br)c3)no2)cc1F. The van der Waals surface area contributed by atoms with E-state index >= 15 is 0 Å². The zero-order valence-corrected chi connectivity index (χ0v) is 11.6. The van der Waals surface area contributed by atoms with Crippen molar-refractivity contribution in [2.45, 2.75) is 0 Å². The maximum atomic E-state index is 13.4. The Kier molecular flexibility index (Phi) is 3.19. The number of rotatable bonds is 2. The number of aromatic nitrogens is 3. The molecule has 1 aromatic carbocycles. The standard InChI is InChI=1S/C13H8BrFN4O/c14-9-3-8(5-17-6-9)12-18-13(20-19-12)7-1-2-11(16)10(15)4-7/h1-6H,16H2. The van der Waals surface area contributed by atoms with E-state index in [2.05, 4.69) is 31.1 Å². The number of hydrogen-bond acceptors (Lipinski definition) is 5. The normalized spacial score (nSPS) is 10.7. The van der Waals surface area contributed by atoms with Crippen LogP contribution in [0.4, 0.5) is 10.1 Å². The van der Waals surface area contributed by atoms with Gasteiger partial charge in [0.15, 0.2) is 0 Å². The molecule has 20 heavy (non-hydrogen) atoms. The lowest BCUT2D eigenvalue weighted by Crippen LogP contribution is -1.90. The lowest BCUT2D eigenvalue weighted by atomic mass is 10.2. The molecule has 7 heteroatoms. The first kappa shape index (κ1) is 12.7. The Bertz CT molecular complexity index is 775. The summed E-state index contributed by atoms with van der Waals surface area (Å²) >= 11 is 3.32. The zero-order valence-electron chi connectivity index (χ0n) is 10.0. The summed E-state index contributed by atoms with van der Waals surface area (Å²) < 4.78 is 19.4. The summed E-state index contributed by atoms with van der Waals surface area (Å²) in [5.74, 6) is 0.0799. The number of pyridine rings is 1. The number of benzene rings is 1. The Balaban J connectivity index is 1.99. The summed E-state index contributed by atoms with van der Waals surface area (Å²) in [6, 6.07) is 6.14. The Morgan fingerprint density at radius 2 is 2.00 bits per heavy atom. The zero-order chi connectivity index (χ0) is 14.1. The fourth-order valence-corrected chi connectivity index (χ4v) is 2.02. The van der Waals surface area contributed by atoms with Crippen molar-refractivity contribution in [3.63, 3.8) is 0 Å². The van der Waals surface area contributed by atoms with Gasteiger partial charge in [-0.25, -0.2) is 4.39 Å². The van der Waals surface area contributed by atoms with Crippen molar-refractivity contribution in [3.8, 4) is 22.8 Å². The number of halogens is 2. The molecule has 0 saturated heterocycles. The number of nitrogens with zero attached hydrogens (tertiary/aromatic N) is 3. The summed E-state index contributed by atoms with van der Waals surface area (Å²) in [4.78, 5) is 8.24. The first-order valence-corrected chi connectivity index (χ1v) is 6.43. The molecule has 5 nitrogen and oxygen atoms in total. The van der Waals surface area contributed by atoms with E-state index in [0.29, 0.717) is 17.0 Å². The van der Waals surface area contributed by atoms with Gasteiger partial charge in [0, 0.05) is 28.0 Å². The van der Waals surface area contributed by atoms with E-state index in [4.69, 9.17) is 10.3 Å². The second-order valence-corrected chi connectivity index (χ2v) is 4.97. The maximum absolute atomic E-state index is 13.4. The topological polar surface area (TPSA) is 77.8 Å². The smallest absolute Gasteiger partial charge is 0.258 e. The van der Waals surface area contributed by atoms with Crippen LogP contribution in [0.2, 0.25) is 0 Å². The quantitative estimate of drug-likeness (QED) is 0.727. The molecule has 2 heterocycles. The molecule has 100 valence electrons. The molecule has 0 aliphatic carbocycles. The lowest BCUT2D eigenvalue weighted by molar-refractivity contribution is 0.432. The predicted octanol–water partition coefficient (Wildman–Crippen LogP) is 3.28. The van der Waals surface area contributed by atoms with Crippen molar-refractivity contribution in [1.82, 2.24) is 15.1 Å². The van der Waals surface area contributed by atoms with Crippen LogP contribution in [0.25, 0.3) is 22.8 Å². The summed E-state index contributed by atoms with van der Waals surface area (Å²) in [5.41, 5.74) is 6.67. The fourth-order valence-electron chi connectivity index (χ4n) is 1.65. The minimum Gasteiger partial charge on any atom is -0.396 e. The fraction of sp³-hybridized carbons (Fsp3) is 0. The molecule has 0 saturated carbocycles. The Hall–Kier alpha value is -2.28. The van der Waals surface area contributed by atoms with Crippen molar-refractivity contribution in [2.75, 3.05) is 5.73 Å². The highest BCUT2D eigenvalue weighted by Crippen LogP contribution is 2.25. The minimum atomic E-state index is -0.522. The van der Waals surface area contributed by atoms with E-state index in [0.717, 1.165) is 4.47 Å². The van der Waals surface area contributed by atoms with Gasteiger partial charge < -0.3 is 10.3 Å². The predicted molar refractivity (Wildman–Crippen MR) is 75.0 cm³/mol. The number of hydrogen-bond donors (Lipinski definition) is 1. The van der Waals surface area contributed by atoms with Gasteiger partial charge in [-0.1, -0.05) is 5.16 Å². The van der Waals surface area contributed by atoms with Gasteiger partial charge in [0.2, 0.25) is 5.82 Å². The van der Waals surface area contributed by atoms with E-state index in [1.54, 1.807) is 18.5 Å². The largest absolute Gasteiger partial charge is 0.396 e. The van der Waals surface area contributed by atoms with Crippen molar-refractivity contribution < 1.29 is 8.91 Å². The second kappa shape index (κ2) is 5.01. The van der Waals surface area contributed by atoms with Crippen LogP contribution >= 0.6 is 15.9 Å². The molecular formula is C13H8BrFN4O. The molecule has 0 unspecified atom stereocenters. The highest BCUT2D eigenvalue weighted by atomic mass is 79.9. The highest BCUT2D eigenvalue weighted by Gasteiger charge is 2.12. The molecule has 3 aromatic rings. The second-order valence-electron chi connectivity index (χ2n) is 4.05. The number of nitrogen functional groups attached to an aromatic ring is 1. The van der Waals surface area contributed by atoms with Crippen LogP contribution in [0.15, 0.2) is 45.7 Å². The molecule has 0 atom stereocenters. The first-order valence-electron chi connectivity index (χ1n) is 5.63. The molecule has 0 amide bonds. The van der Waals surface area contributed by atoms with Crippen LogP contribution in [0.5, 0.6) is 0 Å². The van der Waals surface area contributed by atoms with E-state index in [1.807, 2.05) is 6.07 Å². The van der Waals surface area contributed by atoms with Gasteiger partial charge in [-0.3, -0.25) is 4.98 Å². The van der Waals surface area contributed by atoms with E-state index in [9.17, 15) is 4.39 Å². The molecular weight excluding hydrogens is 327 g/mol. The van der Waals surface area contributed by atoms with Crippen molar-refractivity contribution >= 4 is 21.6 Å². The van der Waals surface area contributed by atoms with Crippen molar-refractivity contribution in [1.29, 1.82) is 0 Å². The summed E-state index contributed by atoms with van der Waals surface area (Å²) in [7, 11) is 0. The maximum Gasteiger partial charge on any atom is 0.258 e. The monoisotopic (exact) mass is 334 g/mol. The van der Waals surface area contributed by atoms with Gasteiger partial charge in [-0.15, -0.1) is 0 Å². The summed E-state index contributed by atoms with van der Waals surface area (Å²) in [6.07, 6.45) is 3.27. The van der Waals surface area contributed by atoms with E-state index in [-0.39, 0.29) is 11.6 Å². The Morgan fingerprint density at radius 1 is 1.15 bits per heavy atom. The molecule has 2 aromatic heterocycles. The van der Waals surface area contributed by atoms with Gasteiger partial charge in [0.25, 0.3) is 5.89 Å². The summed E-state index contributed by atoms with van der Waals surface area (Å²) in [5, 5.41) is 3.86. The average molecular weight is 335 g/mol. The van der Waals surface area contributed by atoms with E-state index in [1.165, 1.54) is 12.1 Å². The summed E-state index contributed by atoms with van der Waals surface area (Å²) in [6.45, 7) is 0. The van der Waals surface area contributed by atoms with Crippen LogP contribution in [0.3, 0.4) is 0 Å².